The maximum atomic E-state index is 5.54. The molecule has 1 aliphatic rings. The van der Waals surface area contributed by atoms with Crippen LogP contribution >= 0.6 is 15.9 Å². The zero-order valence-electron chi connectivity index (χ0n) is 9.72. The number of nitrogens with one attached hydrogen (secondary N) is 1. The highest BCUT2D eigenvalue weighted by Gasteiger charge is 2.28. The molecule has 0 bridgehead atoms. The van der Waals surface area contributed by atoms with E-state index in [4.69, 9.17) is 13.7 Å². The number of aromatic nitrogens is 2. The molecule has 0 amide bonds. The molecule has 2 aromatic rings. The molecule has 3 rings (SSSR count). The van der Waals surface area contributed by atoms with E-state index in [-0.39, 0.29) is 12.1 Å². The lowest BCUT2D eigenvalue weighted by molar-refractivity contribution is -0.00136. The standard InChI is InChI=1S/C11H12BrN3O3/c1-6-9(13-4-5-16-6)11-14-10(15-18-11)7-2-3-8(12)17-7/h2-3,6,9,13H,4-5H2,1H3/t6-,9+/m1/s1. The summed E-state index contributed by atoms with van der Waals surface area (Å²) in [6.07, 6.45) is 0.00962. The van der Waals surface area contributed by atoms with E-state index in [0.717, 1.165) is 6.54 Å². The number of rotatable bonds is 2. The lowest BCUT2D eigenvalue weighted by Crippen LogP contribution is -2.40. The van der Waals surface area contributed by atoms with Gasteiger partial charge in [-0.2, -0.15) is 4.98 Å². The Morgan fingerprint density at radius 3 is 3.06 bits per heavy atom. The van der Waals surface area contributed by atoms with Crippen molar-refractivity contribution in [2.45, 2.75) is 19.1 Å². The van der Waals surface area contributed by atoms with Gasteiger partial charge in [0.15, 0.2) is 10.4 Å². The average Bonchev–Trinajstić information content (AvgIpc) is 2.98. The van der Waals surface area contributed by atoms with E-state index in [0.29, 0.717) is 28.8 Å². The molecule has 2 atom stereocenters. The maximum Gasteiger partial charge on any atom is 0.246 e. The Morgan fingerprint density at radius 1 is 1.44 bits per heavy atom. The molecule has 96 valence electrons. The Morgan fingerprint density at radius 2 is 2.33 bits per heavy atom. The van der Waals surface area contributed by atoms with Crippen LogP contribution in [0.5, 0.6) is 0 Å². The molecular formula is C11H12BrN3O3. The summed E-state index contributed by atoms with van der Waals surface area (Å²) in [5.74, 6) is 1.53. The SMILES string of the molecule is C[C@H]1OCCN[C@@H]1c1nc(-c2ccc(Br)o2)no1. The van der Waals surface area contributed by atoms with Gasteiger partial charge in [-0.3, -0.25) is 0 Å². The number of hydrogen-bond acceptors (Lipinski definition) is 6. The van der Waals surface area contributed by atoms with Crippen LogP contribution in [0.4, 0.5) is 0 Å². The third kappa shape index (κ3) is 2.21. The van der Waals surface area contributed by atoms with Crippen LogP contribution in [0.3, 0.4) is 0 Å². The molecule has 2 aromatic heterocycles. The highest BCUT2D eigenvalue weighted by atomic mass is 79.9. The second kappa shape index (κ2) is 4.83. The van der Waals surface area contributed by atoms with Crippen LogP contribution in [0.2, 0.25) is 0 Å². The van der Waals surface area contributed by atoms with Crippen molar-refractivity contribution in [3.63, 3.8) is 0 Å². The van der Waals surface area contributed by atoms with Gasteiger partial charge in [-0.25, -0.2) is 0 Å². The maximum absolute atomic E-state index is 5.54. The second-order valence-corrected chi connectivity index (χ2v) is 4.85. The van der Waals surface area contributed by atoms with Gasteiger partial charge in [0.2, 0.25) is 11.7 Å². The quantitative estimate of drug-likeness (QED) is 0.915. The van der Waals surface area contributed by atoms with Gasteiger partial charge in [0.1, 0.15) is 6.04 Å². The molecule has 0 spiro atoms. The minimum atomic E-state index is -0.0709. The fourth-order valence-electron chi connectivity index (χ4n) is 1.91. The summed E-state index contributed by atoms with van der Waals surface area (Å²) in [4.78, 5) is 4.33. The van der Waals surface area contributed by atoms with E-state index in [1.54, 1.807) is 12.1 Å². The number of nitrogens with zero attached hydrogens (tertiary/aromatic N) is 2. The Hall–Kier alpha value is -1.18. The fraction of sp³-hybridized carbons (Fsp3) is 0.455. The minimum absolute atomic E-state index is 0.00962. The van der Waals surface area contributed by atoms with Crippen molar-refractivity contribution < 1.29 is 13.7 Å². The van der Waals surface area contributed by atoms with Gasteiger partial charge in [0.25, 0.3) is 0 Å². The molecule has 1 aliphatic heterocycles. The van der Waals surface area contributed by atoms with Crippen LogP contribution in [0.15, 0.2) is 25.7 Å². The Kier molecular flexibility index (Phi) is 3.19. The molecule has 7 heteroatoms. The summed E-state index contributed by atoms with van der Waals surface area (Å²) in [7, 11) is 0. The predicted octanol–water partition coefficient (Wildman–Crippen LogP) is 2.14. The van der Waals surface area contributed by atoms with Crippen LogP contribution in [0.25, 0.3) is 11.6 Å². The molecule has 0 aliphatic carbocycles. The van der Waals surface area contributed by atoms with E-state index in [9.17, 15) is 0 Å². The van der Waals surface area contributed by atoms with E-state index in [2.05, 4.69) is 31.4 Å². The van der Waals surface area contributed by atoms with Gasteiger partial charge in [0, 0.05) is 6.54 Å². The number of morpholine rings is 1. The van der Waals surface area contributed by atoms with Crippen molar-refractivity contribution in [1.29, 1.82) is 0 Å². The molecule has 0 aromatic carbocycles. The summed E-state index contributed by atoms with van der Waals surface area (Å²) < 4.78 is 16.8. The van der Waals surface area contributed by atoms with Crippen molar-refractivity contribution in [2.75, 3.05) is 13.2 Å². The summed E-state index contributed by atoms with van der Waals surface area (Å²) in [6, 6.07) is 3.50. The molecule has 0 unspecified atom stereocenters. The first-order valence-electron chi connectivity index (χ1n) is 5.68. The van der Waals surface area contributed by atoms with E-state index in [1.165, 1.54) is 0 Å². The molecule has 6 nitrogen and oxygen atoms in total. The summed E-state index contributed by atoms with van der Waals surface area (Å²) in [6.45, 7) is 3.45. The Bertz CT molecular complexity index is 539. The summed E-state index contributed by atoms with van der Waals surface area (Å²) >= 11 is 3.24. The van der Waals surface area contributed by atoms with Gasteiger partial charge in [0.05, 0.1) is 12.7 Å². The van der Waals surface area contributed by atoms with Crippen molar-refractivity contribution in [3.05, 3.63) is 22.7 Å². The molecule has 0 saturated carbocycles. The zero-order chi connectivity index (χ0) is 12.5. The van der Waals surface area contributed by atoms with Crippen LogP contribution in [-0.2, 0) is 4.74 Å². The smallest absolute Gasteiger partial charge is 0.246 e. The van der Waals surface area contributed by atoms with Gasteiger partial charge in [-0.05, 0) is 35.0 Å². The van der Waals surface area contributed by atoms with Crippen molar-refractivity contribution in [2.24, 2.45) is 0 Å². The highest BCUT2D eigenvalue weighted by Crippen LogP contribution is 2.25. The normalized spacial score (nSPS) is 24.3. The number of ether oxygens (including phenoxy) is 1. The Balaban J connectivity index is 1.84. The van der Waals surface area contributed by atoms with Gasteiger partial charge in [-0.15, -0.1) is 0 Å². The number of halogens is 1. The average molecular weight is 314 g/mol. The minimum Gasteiger partial charge on any atom is -0.446 e. The lowest BCUT2D eigenvalue weighted by Gasteiger charge is -2.27. The monoisotopic (exact) mass is 313 g/mol. The first kappa shape index (κ1) is 11.9. The van der Waals surface area contributed by atoms with Crippen molar-refractivity contribution in [1.82, 2.24) is 15.5 Å². The third-order valence-electron chi connectivity index (χ3n) is 2.82. The highest BCUT2D eigenvalue weighted by molar-refractivity contribution is 9.10. The van der Waals surface area contributed by atoms with Crippen molar-refractivity contribution in [3.8, 4) is 11.6 Å². The van der Waals surface area contributed by atoms with Gasteiger partial charge >= 0.3 is 0 Å². The van der Waals surface area contributed by atoms with Gasteiger partial charge in [-0.1, -0.05) is 5.16 Å². The van der Waals surface area contributed by atoms with Crippen LogP contribution in [0, 0.1) is 0 Å². The third-order valence-corrected chi connectivity index (χ3v) is 3.24. The molecule has 18 heavy (non-hydrogen) atoms. The topological polar surface area (TPSA) is 73.3 Å². The summed E-state index contributed by atoms with van der Waals surface area (Å²) in [5, 5.41) is 7.21. The zero-order valence-corrected chi connectivity index (χ0v) is 11.3. The van der Waals surface area contributed by atoms with Gasteiger partial charge < -0.3 is 19.0 Å². The molecule has 0 radical (unpaired) electrons. The second-order valence-electron chi connectivity index (χ2n) is 4.07. The fourth-order valence-corrected chi connectivity index (χ4v) is 2.21. The van der Waals surface area contributed by atoms with E-state index in [1.807, 2.05) is 6.92 Å². The molecule has 1 saturated heterocycles. The van der Waals surface area contributed by atoms with E-state index >= 15 is 0 Å². The molecule has 3 heterocycles. The number of hydrogen-bond donors (Lipinski definition) is 1. The van der Waals surface area contributed by atoms with Crippen molar-refractivity contribution >= 4 is 15.9 Å². The summed E-state index contributed by atoms with van der Waals surface area (Å²) in [5.41, 5.74) is 0. The first-order valence-corrected chi connectivity index (χ1v) is 6.47. The largest absolute Gasteiger partial charge is 0.446 e. The molecular weight excluding hydrogens is 302 g/mol. The first-order chi connectivity index (χ1) is 8.74. The van der Waals surface area contributed by atoms with Crippen LogP contribution in [0.1, 0.15) is 18.9 Å². The van der Waals surface area contributed by atoms with E-state index < -0.39 is 0 Å². The predicted molar refractivity (Wildman–Crippen MR) is 65.9 cm³/mol. The number of furan rings is 1. The van der Waals surface area contributed by atoms with Crippen LogP contribution < -0.4 is 5.32 Å². The van der Waals surface area contributed by atoms with Crippen LogP contribution in [-0.4, -0.2) is 29.4 Å². The molecule has 1 N–H and O–H groups in total. The molecule has 1 fully saturated rings. The lowest BCUT2D eigenvalue weighted by atomic mass is 10.1. The Labute approximate surface area is 112 Å².